The van der Waals surface area contributed by atoms with Crippen LogP contribution in [0.25, 0.3) is 0 Å². The van der Waals surface area contributed by atoms with Crippen molar-refractivity contribution in [1.29, 1.82) is 0 Å². The van der Waals surface area contributed by atoms with Crippen LogP contribution >= 0.6 is 11.6 Å². The Balaban J connectivity index is 2.35. The highest BCUT2D eigenvalue weighted by molar-refractivity contribution is 6.29. The van der Waals surface area contributed by atoms with Gasteiger partial charge in [0, 0.05) is 0 Å². The van der Waals surface area contributed by atoms with Crippen molar-refractivity contribution in [2.75, 3.05) is 14.1 Å². The molecule has 1 aromatic rings. The molecule has 0 saturated heterocycles. The van der Waals surface area contributed by atoms with Crippen LogP contribution in [0, 0.1) is 0 Å². The van der Waals surface area contributed by atoms with Crippen LogP contribution in [0.15, 0.2) is 18.2 Å². The van der Waals surface area contributed by atoms with Gasteiger partial charge in [0.05, 0.1) is 11.2 Å². The average molecular weight is 197 g/mol. The first kappa shape index (κ1) is 8.97. The molecular formula is C10H13ClN2. The lowest BCUT2D eigenvalue weighted by Crippen LogP contribution is -2.28. The summed E-state index contributed by atoms with van der Waals surface area (Å²) in [6.45, 7) is 0. The molecule has 0 unspecified atom stereocenters. The first-order valence-electron chi connectivity index (χ1n) is 4.46. The van der Waals surface area contributed by atoms with Crippen LogP contribution in [0.2, 0.25) is 5.15 Å². The fraction of sp³-hybridized carbons (Fsp3) is 0.500. The third kappa shape index (κ3) is 1.45. The zero-order valence-electron chi connectivity index (χ0n) is 7.92. The Morgan fingerprint density at radius 3 is 2.54 bits per heavy atom. The Bertz CT molecular complexity index is 318. The van der Waals surface area contributed by atoms with Gasteiger partial charge in [0.1, 0.15) is 5.15 Å². The van der Waals surface area contributed by atoms with E-state index >= 15 is 0 Å². The number of rotatable bonds is 2. The second kappa shape index (κ2) is 2.96. The molecule has 3 heteroatoms. The maximum Gasteiger partial charge on any atom is 0.129 e. The molecule has 0 aromatic carbocycles. The van der Waals surface area contributed by atoms with Crippen molar-refractivity contribution >= 4 is 11.6 Å². The van der Waals surface area contributed by atoms with Gasteiger partial charge in [0.2, 0.25) is 0 Å². The summed E-state index contributed by atoms with van der Waals surface area (Å²) in [4.78, 5) is 6.58. The Labute approximate surface area is 83.5 Å². The average Bonchev–Trinajstić information content (AvgIpc) is 2.83. The van der Waals surface area contributed by atoms with Crippen LogP contribution in [0.3, 0.4) is 0 Å². The van der Waals surface area contributed by atoms with E-state index in [1.165, 1.54) is 12.8 Å². The molecule has 1 aliphatic carbocycles. The van der Waals surface area contributed by atoms with Crippen LogP contribution in [0.1, 0.15) is 18.5 Å². The predicted molar refractivity (Wildman–Crippen MR) is 53.8 cm³/mol. The molecule has 0 N–H and O–H groups in total. The van der Waals surface area contributed by atoms with Gasteiger partial charge in [-0.05, 0) is 39.1 Å². The van der Waals surface area contributed by atoms with E-state index in [0.29, 0.717) is 5.15 Å². The minimum Gasteiger partial charge on any atom is -0.298 e. The van der Waals surface area contributed by atoms with Crippen molar-refractivity contribution in [2.45, 2.75) is 18.4 Å². The van der Waals surface area contributed by atoms with Gasteiger partial charge in [0.25, 0.3) is 0 Å². The van der Waals surface area contributed by atoms with Crippen LogP contribution in [0.5, 0.6) is 0 Å². The van der Waals surface area contributed by atoms with E-state index in [1.807, 2.05) is 12.1 Å². The third-order valence-electron chi connectivity index (χ3n) is 2.77. The summed E-state index contributed by atoms with van der Waals surface area (Å²) in [7, 11) is 4.19. The lowest BCUT2D eigenvalue weighted by Gasteiger charge is -2.22. The standard InChI is InChI=1S/C10H13ClN2/c1-13(2)10(6-7-10)8-4-3-5-9(11)12-8/h3-5H,6-7H2,1-2H3. The quantitative estimate of drug-likeness (QED) is 0.675. The first-order chi connectivity index (χ1) is 6.15. The Hall–Kier alpha value is -0.600. The van der Waals surface area contributed by atoms with E-state index in [0.717, 1.165) is 5.69 Å². The predicted octanol–water partition coefficient (Wildman–Crippen LogP) is 2.29. The van der Waals surface area contributed by atoms with E-state index in [4.69, 9.17) is 11.6 Å². The van der Waals surface area contributed by atoms with E-state index in [-0.39, 0.29) is 5.54 Å². The molecule has 0 radical (unpaired) electrons. The van der Waals surface area contributed by atoms with Gasteiger partial charge in [-0.1, -0.05) is 17.7 Å². The molecular weight excluding hydrogens is 184 g/mol. The molecule has 1 heterocycles. The van der Waals surface area contributed by atoms with Crippen molar-refractivity contribution in [2.24, 2.45) is 0 Å². The molecule has 2 rings (SSSR count). The SMILES string of the molecule is CN(C)C1(c2cccc(Cl)n2)CC1. The van der Waals surface area contributed by atoms with Gasteiger partial charge in [0.15, 0.2) is 0 Å². The first-order valence-corrected chi connectivity index (χ1v) is 4.83. The van der Waals surface area contributed by atoms with Gasteiger partial charge in [-0.25, -0.2) is 4.98 Å². The van der Waals surface area contributed by atoms with Crippen molar-refractivity contribution in [3.63, 3.8) is 0 Å². The van der Waals surface area contributed by atoms with E-state index in [9.17, 15) is 0 Å². The summed E-state index contributed by atoms with van der Waals surface area (Å²) in [5.74, 6) is 0. The van der Waals surface area contributed by atoms with Crippen molar-refractivity contribution in [3.8, 4) is 0 Å². The van der Waals surface area contributed by atoms with Gasteiger partial charge < -0.3 is 0 Å². The third-order valence-corrected chi connectivity index (χ3v) is 2.98. The van der Waals surface area contributed by atoms with Crippen LogP contribution in [0.4, 0.5) is 0 Å². The molecule has 0 amide bonds. The van der Waals surface area contributed by atoms with Gasteiger partial charge in [-0.15, -0.1) is 0 Å². The molecule has 0 bridgehead atoms. The summed E-state index contributed by atoms with van der Waals surface area (Å²) in [6.07, 6.45) is 2.38. The molecule has 0 aliphatic heterocycles. The monoisotopic (exact) mass is 196 g/mol. The summed E-state index contributed by atoms with van der Waals surface area (Å²) in [6, 6.07) is 5.84. The molecule has 1 aliphatic rings. The molecule has 2 nitrogen and oxygen atoms in total. The zero-order chi connectivity index (χ0) is 9.47. The number of halogens is 1. The molecule has 13 heavy (non-hydrogen) atoms. The minimum absolute atomic E-state index is 0.172. The highest BCUT2D eigenvalue weighted by atomic mass is 35.5. The smallest absolute Gasteiger partial charge is 0.129 e. The van der Waals surface area contributed by atoms with Gasteiger partial charge in [-0.3, -0.25) is 4.90 Å². The van der Waals surface area contributed by atoms with Gasteiger partial charge in [-0.2, -0.15) is 0 Å². The normalized spacial score (nSPS) is 19.1. The molecule has 1 aromatic heterocycles. The minimum atomic E-state index is 0.172. The number of hydrogen-bond acceptors (Lipinski definition) is 2. The number of nitrogens with zero attached hydrogens (tertiary/aromatic N) is 2. The van der Waals surface area contributed by atoms with Crippen molar-refractivity contribution < 1.29 is 0 Å². The van der Waals surface area contributed by atoms with Crippen LogP contribution in [-0.2, 0) is 5.54 Å². The molecule has 0 spiro atoms. The maximum absolute atomic E-state index is 5.85. The molecule has 1 fully saturated rings. The molecule has 70 valence electrons. The number of aromatic nitrogens is 1. The topological polar surface area (TPSA) is 16.1 Å². The van der Waals surface area contributed by atoms with Crippen molar-refractivity contribution in [1.82, 2.24) is 9.88 Å². The van der Waals surface area contributed by atoms with E-state index < -0.39 is 0 Å². The summed E-state index contributed by atoms with van der Waals surface area (Å²) < 4.78 is 0. The largest absolute Gasteiger partial charge is 0.298 e. The van der Waals surface area contributed by atoms with E-state index in [1.54, 1.807) is 0 Å². The fourth-order valence-corrected chi connectivity index (χ4v) is 1.88. The van der Waals surface area contributed by atoms with Crippen LogP contribution < -0.4 is 0 Å². The Morgan fingerprint density at radius 2 is 2.08 bits per heavy atom. The fourth-order valence-electron chi connectivity index (χ4n) is 1.72. The van der Waals surface area contributed by atoms with Gasteiger partial charge >= 0.3 is 0 Å². The highest BCUT2D eigenvalue weighted by Crippen LogP contribution is 2.48. The van der Waals surface area contributed by atoms with Crippen LogP contribution in [-0.4, -0.2) is 24.0 Å². The highest BCUT2D eigenvalue weighted by Gasteiger charge is 2.47. The maximum atomic E-state index is 5.85. The summed E-state index contributed by atoms with van der Waals surface area (Å²) in [5, 5.41) is 0.589. The number of hydrogen-bond donors (Lipinski definition) is 0. The lowest BCUT2D eigenvalue weighted by molar-refractivity contribution is 0.269. The number of pyridine rings is 1. The van der Waals surface area contributed by atoms with Crippen molar-refractivity contribution in [3.05, 3.63) is 29.0 Å². The summed E-state index contributed by atoms with van der Waals surface area (Å²) in [5.41, 5.74) is 1.27. The Morgan fingerprint density at radius 1 is 1.38 bits per heavy atom. The second-order valence-corrected chi connectivity index (χ2v) is 4.16. The second-order valence-electron chi connectivity index (χ2n) is 3.77. The molecule has 0 atom stereocenters. The Kier molecular flexibility index (Phi) is 2.05. The summed E-state index contributed by atoms with van der Waals surface area (Å²) >= 11 is 5.85. The molecule has 1 saturated carbocycles. The zero-order valence-corrected chi connectivity index (χ0v) is 8.67. The van der Waals surface area contributed by atoms with E-state index in [2.05, 4.69) is 30.0 Å². The lowest BCUT2D eigenvalue weighted by atomic mass is 10.1.